The summed E-state index contributed by atoms with van der Waals surface area (Å²) in [5.41, 5.74) is -0.664. The Labute approximate surface area is 84.0 Å². The number of nitrogens with zero attached hydrogens (tertiary/aromatic N) is 2. The van der Waals surface area contributed by atoms with Crippen molar-refractivity contribution in [3.63, 3.8) is 0 Å². The van der Waals surface area contributed by atoms with Crippen molar-refractivity contribution in [1.29, 1.82) is 0 Å². The maximum atomic E-state index is 11.8. The molecule has 1 N–H and O–H groups in total. The summed E-state index contributed by atoms with van der Waals surface area (Å²) in [6.07, 6.45) is 1.44. The fraction of sp³-hybridized carbons (Fsp3) is 0.111. The number of rotatable bonds is 0. The molecule has 0 aliphatic rings. The van der Waals surface area contributed by atoms with Crippen LogP contribution in [0.5, 0.6) is 0 Å². The van der Waals surface area contributed by atoms with Gasteiger partial charge in [0.2, 0.25) is 0 Å². The van der Waals surface area contributed by atoms with Crippen molar-refractivity contribution in [2.24, 2.45) is 0 Å². The van der Waals surface area contributed by atoms with E-state index in [4.69, 9.17) is 0 Å². The fourth-order valence-corrected chi connectivity index (χ4v) is 0.756. The Morgan fingerprint density at radius 2 is 1.73 bits per heavy atom. The monoisotopic (exact) mass is 215 g/mol. The second-order valence-corrected chi connectivity index (χ2v) is 2.50. The molecule has 6 heteroatoms. The number of pyridine rings is 1. The van der Waals surface area contributed by atoms with Crippen LogP contribution in [0.15, 0.2) is 43.0 Å². The Balaban J connectivity index is 0.000000187. The highest BCUT2D eigenvalue weighted by Gasteiger charge is 2.29. The molecule has 2 rings (SSSR count). The van der Waals surface area contributed by atoms with E-state index in [0.29, 0.717) is 0 Å². The number of nitrogens with one attached hydrogen (secondary N) is 1. The number of H-pyrrole nitrogens is 1. The van der Waals surface area contributed by atoms with Gasteiger partial charge in [0.15, 0.2) is 0 Å². The molecule has 0 saturated heterocycles. The third-order valence-electron chi connectivity index (χ3n) is 1.41. The minimum Gasteiger partial charge on any atom is -0.286 e. The minimum atomic E-state index is -4.25. The van der Waals surface area contributed by atoms with Crippen LogP contribution in [0.1, 0.15) is 5.56 Å². The van der Waals surface area contributed by atoms with E-state index in [1.807, 2.05) is 6.07 Å². The van der Waals surface area contributed by atoms with Gasteiger partial charge in [-0.25, -0.2) is 0 Å². The number of hydrogen-bond donors (Lipinski definition) is 1. The molecular formula is C9H8F3N3. The molecule has 0 amide bonds. The summed E-state index contributed by atoms with van der Waals surface area (Å²) in [4.78, 5) is 3.46. The maximum absolute atomic E-state index is 11.8. The van der Waals surface area contributed by atoms with Crippen LogP contribution in [-0.2, 0) is 6.18 Å². The Kier molecular flexibility index (Phi) is 3.84. The molecule has 0 atom stereocenters. The van der Waals surface area contributed by atoms with Crippen molar-refractivity contribution in [1.82, 2.24) is 15.2 Å². The predicted molar refractivity (Wildman–Crippen MR) is 47.8 cm³/mol. The molecule has 0 spiro atoms. The van der Waals surface area contributed by atoms with Gasteiger partial charge in [-0.15, -0.1) is 0 Å². The van der Waals surface area contributed by atoms with E-state index in [1.165, 1.54) is 0 Å². The van der Waals surface area contributed by atoms with E-state index < -0.39 is 11.7 Å². The predicted octanol–water partition coefficient (Wildman–Crippen LogP) is 2.51. The van der Waals surface area contributed by atoms with Gasteiger partial charge in [0.05, 0.1) is 5.56 Å². The van der Waals surface area contributed by atoms with Gasteiger partial charge in [-0.2, -0.15) is 18.3 Å². The first-order chi connectivity index (χ1) is 7.11. The summed E-state index contributed by atoms with van der Waals surface area (Å²) in [5, 5.41) is 6.21. The van der Waals surface area contributed by atoms with E-state index >= 15 is 0 Å². The van der Waals surface area contributed by atoms with E-state index in [1.54, 1.807) is 12.4 Å². The van der Waals surface area contributed by atoms with Crippen molar-refractivity contribution >= 4 is 0 Å². The molecule has 0 aromatic carbocycles. The molecule has 2 aromatic rings. The maximum Gasteiger partial charge on any atom is 0.416 e. The number of hydrogen-bond acceptors (Lipinski definition) is 2. The van der Waals surface area contributed by atoms with Gasteiger partial charge in [0.1, 0.15) is 0 Å². The molecule has 0 bridgehead atoms. The zero-order valence-electron chi connectivity index (χ0n) is 7.57. The summed E-state index contributed by atoms with van der Waals surface area (Å²) >= 11 is 0. The molecule has 0 saturated carbocycles. The SMILES string of the molecule is FC(F)(F)c1ccncc1.c1cn[nH]c1. The third-order valence-corrected chi connectivity index (χ3v) is 1.41. The van der Waals surface area contributed by atoms with Crippen LogP contribution in [0.3, 0.4) is 0 Å². The molecule has 15 heavy (non-hydrogen) atoms. The van der Waals surface area contributed by atoms with Gasteiger partial charge < -0.3 is 0 Å². The van der Waals surface area contributed by atoms with Gasteiger partial charge in [-0.3, -0.25) is 10.1 Å². The van der Waals surface area contributed by atoms with Crippen molar-refractivity contribution < 1.29 is 13.2 Å². The first-order valence-corrected chi connectivity index (χ1v) is 4.01. The molecule has 80 valence electrons. The summed E-state index contributed by atoms with van der Waals surface area (Å²) < 4.78 is 35.3. The van der Waals surface area contributed by atoms with Gasteiger partial charge in [0.25, 0.3) is 0 Å². The lowest BCUT2D eigenvalue weighted by Crippen LogP contribution is -2.03. The minimum absolute atomic E-state index is 0.664. The fourth-order valence-electron chi connectivity index (χ4n) is 0.756. The second kappa shape index (κ2) is 5.14. The quantitative estimate of drug-likeness (QED) is 0.733. The Morgan fingerprint density at radius 3 is 2.00 bits per heavy atom. The summed E-state index contributed by atoms with van der Waals surface area (Å²) in [5.74, 6) is 0. The standard InChI is InChI=1S/C6H4F3N.C3H4N2/c7-6(8,9)5-1-3-10-4-2-5;1-2-4-5-3-1/h1-4H;1-3H,(H,4,5). The lowest BCUT2D eigenvalue weighted by molar-refractivity contribution is -0.137. The lowest BCUT2D eigenvalue weighted by atomic mass is 10.3. The van der Waals surface area contributed by atoms with Crippen molar-refractivity contribution in [3.8, 4) is 0 Å². The topological polar surface area (TPSA) is 41.6 Å². The van der Waals surface area contributed by atoms with Crippen molar-refractivity contribution in [2.75, 3.05) is 0 Å². The van der Waals surface area contributed by atoms with Crippen molar-refractivity contribution in [2.45, 2.75) is 6.18 Å². The van der Waals surface area contributed by atoms with Gasteiger partial charge in [-0.05, 0) is 18.2 Å². The van der Waals surface area contributed by atoms with E-state index in [9.17, 15) is 13.2 Å². The average molecular weight is 215 g/mol. The second-order valence-electron chi connectivity index (χ2n) is 2.50. The number of aromatic amines is 1. The van der Waals surface area contributed by atoms with Gasteiger partial charge >= 0.3 is 6.18 Å². The van der Waals surface area contributed by atoms with Crippen LogP contribution >= 0.6 is 0 Å². The molecule has 0 aliphatic heterocycles. The Hall–Kier alpha value is -1.85. The molecule has 3 nitrogen and oxygen atoms in total. The lowest BCUT2D eigenvalue weighted by Gasteiger charge is -2.03. The number of aromatic nitrogens is 3. The molecule has 0 unspecified atom stereocenters. The summed E-state index contributed by atoms with van der Waals surface area (Å²) in [6.45, 7) is 0. The van der Waals surface area contributed by atoms with Crippen LogP contribution in [-0.4, -0.2) is 15.2 Å². The molecule has 0 fully saturated rings. The van der Waals surface area contributed by atoms with Crippen LogP contribution in [0, 0.1) is 0 Å². The van der Waals surface area contributed by atoms with Crippen LogP contribution in [0.4, 0.5) is 13.2 Å². The van der Waals surface area contributed by atoms with Gasteiger partial charge in [-0.1, -0.05) is 0 Å². The highest BCUT2D eigenvalue weighted by atomic mass is 19.4. The molecular weight excluding hydrogens is 207 g/mol. The molecule has 2 heterocycles. The highest BCUT2D eigenvalue weighted by Crippen LogP contribution is 2.27. The number of halogens is 3. The zero-order valence-corrected chi connectivity index (χ0v) is 7.57. The summed E-state index contributed by atoms with van der Waals surface area (Å²) in [7, 11) is 0. The van der Waals surface area contributed by atoms with Gasteiger partial charge in [0, 0.05) is 24.8 Å². The Bertz CT molecular complexity index is 339. The van der Waals surface area contributed by atoms with Crippen LogP contribution < -0.4 is 0 Å². The molecule has 2 aromatic heterocycles. The molecule has 0 aliphatic carbocycles. The van der Waals surface area contributed by atoms with E-state index in [2.05, 4.69) is 15.2 Å². The smallest absolute Gasteiger partial charge is 0.286 e. The third kappa shape index (κ3) is 4.26. The van der Waals surface area contributed by atoms with Crippen molar-refractivity contribution in [3.05, 3.63) is 48.5 Å². The Morgan fingerprint density at radius 1 is 1.07 bits per heavy atom. The first-order valence-electron chi connectivity index (χ1n) is 4.01. The zero-order chi connectivity index (χ0) is 11.1. The molecule has 0 radical (unpaired) electrons. The number of alkyl halides is 3. The van der Waals surface area contributed by atoms with Crippen LogP contribution in [0.2, 0.25) is 0 Å². The van der Waals surface area contributed by atoms with E-state index in [0.717, 1.165) is 24.5 Å². The largest absolute Gasteiger partial charge is 0.416 e. The summed E-state index contributed by atoms with van der Waals surface area (Å²) in [6, 6.07) is 3.69. The normalized spacial score (nSPS) is 10.3. The highest BCUT2D eigenvalue weighted by molar-refractivity contribution is 5.12. The van der Waals surface area contributed by atoms with Crippen LogP contribution in [0.25, 0.3) is 0 Å². The average Bonchev–Trinajstić information content (AvgIpc) is 2.76. The first kappa shape index (κ1) is 11.2. The van der Waals surface area contributed by atoms with E-state index in [-0.39, 0.29) is 0 Å².